The second-order valence-electron chi connectivity index (χ2n) is 6.01. The largest absolute Gasteiger partial charge is 0.493 e. The molecule has 2 aromatic rings. The molecule has 0 saturated heterocycles. The Morgan fingerprint density at radius 3 is 2.35 bits per heavy atom. The lowest BCUT2D eigenvalue weighted by Gasteiger charge is -2.23. The van der Waals surface area contributed by atoms with E-state index in [4.69, 9.17) is 9.47 Å². The SMILES string of the molecule is COc1cc(Br)c(S(=O)(=O)N(Cc2ccccc2F)C2CC2)cc1OC. The molecule has 0 aliphatic heterocycles. The molecular weight excluding hydrogens is 425 g/mol. The summed E-state index contributed by atoms with van der Waals surface area (Å²) in [5.74, 6) is 0.320. The number of methoxy groups -OCH3 is 2. The zero-order valence-electron chi connectivity index (χ0n) is 14.4. The Morgan fingerprint density at radius 1 is 1.15 bits per heavy atom. The van der Waals surface area contributed by atoms with Gasteiger partial charge in [-0.3, -0.25) is 0 Å². The molecule has 0 bridgehead atoms. The van der Waals surface area contributed by atoms with Gasteiger partial charge in [0.05, 0.1) is 14.2 Å². The normalized spacial score (nSPS) is 14.5. The Labute approximate surface area is 160 Å². The summed E-state index contributed by atoms with van der Waals surface area (Å²) in [7, 11) is -0.933. The first-order valence-corrected chi connectivity index (χ1v) is 10.3. The minimum absolute atomic E-state index is 0.0134. The highest BCUT2D eigenvalue weighted by Crippen LogP contribution is 2.40. The van der Waals surface area contributed by atoms with Gasteiger partial charge in [-0.15, -0.1) is 0 Å². The van der Waals surface area contributed by atoms with E-state index in [9.17, 15) is 12.8 Å². The van der Waals surface area contributed by atoms with Crippen LogP contribution >= 0.6 is 15.9 Å². The zero-order valence-corrected chi connectivity index (χ0v) is 16.8. The molecule has 3 rings (SSSR count). The van der Waals surface area contributed by atoms with Crippen molar-refractivity contribution in [2.75, 3.05) is 14.2 Å². The fourth-order valence-corrected chi connectivity index (χ4v) is 5.39. The van der Waals surface area contributed by atoms with Crippen molar-refractivity contribution in [1.29, 1.82) is 0 Å². The summed E-state index contributed by atoms with van der Waals surface area (Å²) < 4.78 is 52.8. The highest BCUT2D eigenvalue weighted by molar-refractivity contribution is 9.10. The van der Waals surface area contributed by atoms with Crippen LogP contribution in [-0.2, 0) is 16.6 Å². The van der Waals surface area contributed by atoms with Gasteiger partial charge in [0.1, 0.15) is 10.7 Å². The molecule has 8 heteroatoms. The van der Waals surface area contributed by atoms with Crippen molar-refractivity contribution in [3.8, 4) is 11.5 Å². The summed E-state index contributed by atoms with van der Waals surface area (Å²) in [6, 6.07) is 9.07. The number of ether oxygens (including phenoxy) is 2. The molecule has 0 aromatic heterocycles. The molecule has 1 fully saturated rings. The molecule has 5 nitrogen and oxygen atoms in total. The number of halogens is 2. The highest BCUT2D eigenvalue weighted by Gasteiger charge is 2.39. The third-order valence-corrected chi connectivity index (χ3v) is 7.12. The first-order valence-electron chi connectivity index (χ1n) is 8.05. The van der Waals surface area contributed by atoms with Crippen LogP contribution in [0.2, 0.25) is 0 Å². The van der Waals surface area contributed by atoms with Gasteiger partial charge in [0.25, 0.3) is 0 Å². The van der Waals surface area contributed by atoms with Gasteiger partial charge in [-0.1, -0.05) is 18.2 Å². The van der Waals surface area contributed by atoms with Gasteiger partial charge in [0, 0.05) is 28.7 Å². The quantitative estimate of drug-likeness (QED) is 0.649. The lowest BCUT2D eigenvalue weighted by molar-refractivity contribution is 0.352. The van der Waals surface area contributed by atoms with Crippen LogP contribution in [0, 0.1) is 5.82 Å². The van der Waals surface area contributed by atoms with E-state index in [1.165, 1.54) is 30.7 Å². The maximum atomic E-state index is 14.1. The van der Waals surface area contributed by atoms with Crippen LogP contribution in [0.3, 0.4) is 0 Å². The van der Waals surface area contributed by atoms with Crippen molar-refractivity contribution < 1.29 is 22.3 Å². The van der Waals surface area contributed by atoms with Gasteiger partial charge in [0.15, 0.2) is 11.5 Å². The average Bonchev–Trinajstić information content (AvgIpc) is 3.45. The summed E-state index contributed by atoms with van der Waals surface area (Å²) in [4.78, 5) is 0.0680. The van der Waals surface area contributed by atoms with Crippen molar-refractivity contribution in [2.45, 2.75) is 30.3 Å². The van der Waals surface area contributed by atoms with Gasteiger partial charge < -0.3 is 9.47 Å². The molecule has 1 saturated carbocycles. The fraction of sp³-hybridized carbons (Fsp3) is 0.333. The van der Waals surface area contributed by atoms with E-state index in [0.29, 0.717) is 21.5 Å². The van der Waals surface area contributed by atoms with Crippen LogP contribution in [0.4, 0.5) is 4.39 Å². The van der Waals surface area contributed by atoms with Crippen molar-refractivity contribution in [2.24, 2.45) is 0 Å². The number of sulfonamides is 1. The van der Waals surface area contributed by atoms with Crippen molar-refractivity contribution in [1.82, 2.24) is 4.31 Å². The van der Waals surface area contributed by atoms with Crippen LogP contribution in [0.25, 0.3) is 0 Å². The number of hydrogen-bond donors (Lipinski definition) is 0. The van der Waals surface area contributed by atoms with Crippen molar-refractivity contribution in [3.63, 3.8) is 0 Å². The standard InChI is InChI=1S/C18H19BrFNO4S/c1-24-16-9-14(19)18(10-17(16)25-2)26(22,23)21(13-7-8-13)11-12-5-3-4-6-15(12)20/h3-6,9-10,13H,7-8,11H2,1-2H3. The van der Waals surface area contributed by atoms with E-state index in [0.717, 1.165) is 12.8 Å². The van der Waals surface area contributed by atoms with E-state index in [-0.39, 0.29) is 17.5 Å². The smallest absolute Gasteiger partial charge is 0.244 e. The third kappa shape index (κ3) is 3.72. The first-order chi connectivity index (χ1) is 12.4. The molecular formula is C18H19BrFNO4S. The monoisotopic (exact) mass is 443 g/mol. The number of benzene rings is 2. The minimum Gasteiger partial charge on any atom is -0.493 e. The predicted octanol–water partition coefficient (Wildman–Crippen LogP) is 3.96. The third-order valence-electron chi connectivity index (χ3n) is 4.26. The van der Waals surface area contributed by atoms with Crippen LogP contribution in [0.5, 0.6) is 11.5 Å². The summed E-state index contributed by atoms with van der Waals surface area (Å²) in [6.45, 7) is -0.0134. The van der Waals surface area contributed by atoms with Crippen LogP contribution in [-0.4, -0.2) is 33.0 Å². The van der Waals surface area contributed by atoms with Crippen LogP contribution < -0.4 is 9.47 Å². The Morgan fingerprint density at radius 2 is 1.77 bits per heavy atom. The zero-order chi connectivity index (χ0) is 18.9. The van der Waals surface area contributed by atoms with E-state index in [1.54, 1.807) is 24.3 Å². The molecule has 0 heterocycles. The molecule has 140 valence electrons. The molecule has 0 radical (unpaired) electrons. The van der Waals surface area contributed by atoms with Crippen LogP contribution in [0.15, 0.2) is 45.8 Å². The Hall–Kier alpha value is -1.64. The maximum Gasteiger partial charge on any atom is 0.244 e. The van der Waals surface area contributed by atoms with Gasteiger partial charge in [-0.25, -0.2) is 12.8 Å². The van der Waals surface area contributed by atoms with Gasteiger partial charge in [-0.2, -0.15) is 4.31 Å². The van der Waals surface area contributed by atoms with E-state index in [2.05, 4.69) is 15.9 Å². The second-order valence-corrected chi connectivity index (χ2v) is 8.72. The Bertz CT molecular complexity index is 915. The maximum absolute atomic E-state index is 14.1. The van der Waals surface area contributed by atoms with Crippen molar-refractivity contribution >= 4 is 26.0 Å². The first kappa shape index (κ1) is 19.1. The summed E-state index contributed by atoms with van der Waals surface area (Å²) >= 11 is 3.31. The summed E-state index contributed by atoms with van der Waals surface area (Å²) in [6.07, 6.45) is 1.52. The Balaban J connectivity index is 2.03. The lowest BCUT2D eigenvalue weighted by Crippen LogP contribution is -2.33. The molecule has 0 amide bonds. The molecule has 2 aromatic carbocycles. The van der Waals surface area contributed by atoms with E-state index < -0.39 is 15.8 Å². The fourth-order valence-electron chi connectivity index (χ4n) is 2.73. The molecule has 0 spiro atoms. The van der Waals surface area contributed by atoms with E-state index >= 15 is 0 Å². The van der Waals surface area contributed by atoms with Gasteiger partial charge >= 0.3 is 0 Å². The molecule has 0 unspecified atom stereocenters. The highest BCUT2D eigenvalue weighted by atomic mass is 79.9. The van der Waals surface area contributed by atoms with E-state index in [1.807, 2.05) is 0 Å². The number of hydrogen-bond acceptors (Lipinski definition) is 4. The van der Waals surface area contributed by atoms with Crippen molar-refractivity contribution in [3.05, 3.63) is 52.3 Å². The molecule has 0 atom stereocenters. The average molecular weight is 444 g/mol. The second kappa shape index (κ2) is 7.54. The van der Waals surface area contributed by atoms with Gasteiger partial charge in [-0.05, 0) is 40.9 Å². The molecule has 26 heavy (non-hydrogen) atoms. The van der Waals surface area contributed by atoms with Gasteiger partial charge in [0.2, 0.25) is 10.0 Å². The predicted molar refractivity (Wildman–Crippen MR) is 99.4 cm³/mol. The number of rotatable bonds is 7. The summed E-state index contributed by atoms with van der Waals surface area (Å²) in [5, 5.41) is 0. The summed E-state index contributed by atoms with van der Waals surface area (Å²) in [5.41, 5.74) is 0.347. The topological polar surface area (TPSA) is 55.8 Å². The molecule has 1 aliphatic rings. The molecule has 0 N–H and O–H groups in total. The number of nitrogens with zero attached hydrogens (tertiary/aromatic N) is 1. The minimum atomic E-state index is -3.86. The Kier molecular flexibility index (Phi) is 5.55. The molecule has 1 aliphatic carbocycles. The van der Waals surface area contributed by atoms with Crippen LogP contribution in [0.1, 0.15) is 18.4 Å². The lowest BCUT2D eigenvalue weighted by atomic mass is 10.2.